The average Bonchev–Trinajstić information content (AvgIpc) is 3.29. The summed E-state index contributed by atoms with van der Waals surface area (Å²) < 4.78 is 57.7. The number of methoxy groups -OCH3 is 1. The molecule has 0 saturated heterocycles. The van der Waals surface area contributed by atoms with Gasteiger partial charge in [0.1, 0.15) is 11.6 Å². The van der Waals surface area contributed by atoms with E-state index in [4.69, 9.17) is 4.74 Å². The van der Waals surface area contributed by atoms with Gasteiger partial charge in [0.2, 0.25) is 5.91 Å². The molecular formula is C25H23F4NO2S. The van der Waals surface area contributed by atoms with E-state index in [0.29, 0.717) is 18.9 Å². The summed E-state index contributed by atoms with van der Waals surface area (Å²) in [4.78, 5) is 12.7. The fraction of sp³-hybridized carbons (Fsp3) is 0.320. The molecular weight excluding hydrogens is 454 g/mol. The zero-order valence-corrected chi connectivity index (χ0v) is 18.7. The van der Waals surface area contributed by atoms with E-state index in [1.165, 1.54) is 0 Å². The van der Waals surface area contributed by atoms with Crippen LogP contribution in [-0.2, 0) is 11.0 Å². The van der Waals surface area contributed by atoms with Crippen molar-refractivity contribution >= 4 is 22.9 Å². The van der Waals surface area contributed by atoms with Crippen LogP contribution >= 0.6 is 11.3 Å². The lowest BCUT2D eigenvalue weighted by atomic mass is 9.77. The van der Waals surface area contributed by atoms with Crippen molar-refractivity contribution in [3.63, 3.8) is 0 Å². The van der Waals surface area contributed by atoms with E-state index in [-0.39, 0.29) is 23.4 Å². The molecule has 3 aromatic rings. The summed E-state index contributed by atoms with van der Waals surface area (Å²) in [7, 11) is 1.64. The number of anilines is 1. The maximum Gasteiger partial charge on any atom is 0.416 e. The van der Waals surface area contributed by atoms with Crippen LogP contribution in [0, 0.1) is 11.7 Å². The Bertz CT molecular complexity index is 1120. The SMILES string of the molecule is COc1cscc1-c1ccc(C2CCCC(C(=O)Nc3ccc(C(F)(F)F)cc3F)C2)cc1. The highest BCUT2D eigenvalue weighted by molar-refractivity contribution is 7.08. The summed E-state index contributed by atoms with van der Waals surface area (Å²) >= 11 is 1.57. The Hall–Kier alpha value is -2.87. The summed E-state index contributed by atoms with van der Waals surface area (Å²) in [6.07, 6.45) is -1.58. The average molecular weight is 478 g/mol. The lowest BCUT2D eigenvalue weighted by Gasteiger charge is -2.29. The number of carbonyl (C=O) groups excluding carboxylic acids is 1. The molecule has 33 heavy (non-hydrogen) atoms. The summed E-state index contributed by atoms with van der Waals surface area (Å²) in [5.41, 5.74) is 1.91. The zero-order chi connectivity index (χ0) is 23.6. The molecule has 4 rings (SSSR count). The number of ether oxygens (including phenoxy) is 1. The van der Waals surface area contributed by atoms with Crippen molar-refractivity contribution in [3.05, 3.63) is 70.2 Å². The van der Waals surface area contributed by atoms with E-state index in [1.54, 1.807) is 18.4 Å². The predicted octanol–water partition coefficient (Wildman–Crippen LogP) is 7.49. The Morgan fingerprint density at radius 1 is 1.09 bits per heavy atom. The van der Waals surface area contributed by atoms with Crippen molar-refractivity contribution in [1.82, 2.24) is 0 Å². The molecule has 2 aromatic carbocycles. The Balaban J connectivity index is 1.43. The van der Waals surface area contributed by atoms with E-state index in [9.17, 15) is 22.4 Å². The van der Waals surface area contributed by atoms with Gasteiger partial charge in [-0.2, -0.15) is 13.2 Å². The summed E-state index contributed by atoms with van der Waals surface area (Å²) in [5.74, 6) is -0.770. The molecule has 1 amide bonds. The largest absolute Gasteiger partial charge is 0.495 e. The van der Waals surface area contributed by atoms with Crippen LogP contribution in [0.4, 0.5) is 23.2 Å². The summed E-state index contributed by atoms with van der Waals surface area (Å²) in [6.45, 7) is 0. The molecule has 1 aliphatic rings. The first kappa shape index (κ1) is 23.3. The minimum absolute atomic E-state index is 0.186. The van der Waals surface area contributed by atoms with Gasteiger partial charge in [0, 0.05) is 22.2 Å². The minimum atomic E-state index is -4.63. The van der Waals surface area contributed by atoms with Crippen LogP contribution in [0.25, 0.3) is 11.1 Å². The number of hydrogen-bond acceptors (Lipinski definition) is 3. The highest BCUT2D eigenvalue weighted by Gasteiger charge is 2.32. The smallest absolute Gasteiger partial charge is 0.416 e. The molecule has 3 nitrogen and oxygen atoms in total. The van der Waals surface area contributed by atoms with Crippen LogP contribution < -0.4 is 10.1 Å². The summed E-state index contributed by atoms with van der Waals surface area (Å²) in [5, 5.41) is 6.47. The number of alkyl halides is 3. The first-order valence-electron chi connectivity index (χ1n) is 10.6. The monoisotopic (exact) mass is 477 g/mol. The van der Waals surface area contributed by atoms with Gasteiger partial charge in [-0.15, -0.1) is 11.3 Å². The van der Waals surface area contributed by atoms with Crippen LogP contribution in [-0.4, -0.2) is 13.0 Å². The Morgan fingerprint density at radius 3 is 2.52 bits per heavy atom. The molecule has 174 valence electrons. The van der Waals surface area contributed by atoms with E-state index in [1.807, 2.05) is 22.9 Å². The molecule has 8 heteroatoms. The van der Waals surface area contributed by atoms with Gasteiger partial charge >= 0.3 is 6.18 Å². The normalized spacial score (nSPS) is 18.7. The van der Waals surface area contributed by atoms with Gasteiger partial charge in [0.15, 0.2) is 0 Å². The quantitative estimate of drug-likeness (QED) is 0.387. The number of amides is 1. The van der Waals surface area contributed by atoms with Crippen LogP contribution in [0.3, 0.4) is 0 Å². The summed E-state index contributed by atoms with van der Waals surface area (Å²) in [6, 6.07) is 10.4. The number of benzene rings is 2. The van der Waals surface area contributed by atoms with Crippen LogP contribution in [0.1, 0.15) is 42.7 Å². The number of halogens is 4. The molecule has 0 spiro atoms. The molecule has 1 N–H and O–H groups in total. The molecule has 1 aliphatic carbocycles. The zero-order valence-electron chi connectivity index (χ0n) is 17.9. The third kappa shape index (κ3) is 5.21. The van der Waals surface area contributed by atoms with Gasteiger partial charge in [0.25, 0.3) is 0 Å². The second-order valence-corrected chi connectivity index (χ2v) is 8.96. The highest BCUT2D eigenvalue weighted by atomic mass is 32.1. The fourth-order valence-electron chi connectivity index (χ4n) is 4.35. The molecule has 1 fully saturated rings. The van der Waals surface area contributed by atoms with E-state index in [0.717, 1.165) is 47.4 Å². The van der Waals surface area contributed by atoms with E-state index < -0.39 is 17.6 Å². The number of hydrogen-bond donors (Lipinski definition) is 1. The molecule has 2 unspecified atom stereocenters. The Labute approximate surface area is 193 Å². The molecule has 0 aliphatic heterocycles. The molecule has 1 saturated carbocycles. The van der Waals surface area contributed by atoms with Gasteiger partial charge in [-0.25, -0.2) is 4.39 Å². The molecule has 0 radical (unpaired) electrons. The highest BCUT2D eigenvalue weighted by Crippen LogP contribution is 2.39. The van der Waals surface area contributed by atoms with Gasteiger partial charge in [0.05, 0.1) is 18.4 Å². The van der Waals surface area contributed by atoms with E-state index >= 15 is 0 Å². The predicted molar refractivity (Wildman–Crippen MR) is 121 cm³/mol. The van der Waals surface area contributed by atoms with E-state index in [2.05, 4.69) is 17.4 Å². The lowest BCUT2D eigenvalue weighted by molar-refractivity contribution is -0.137. The molecule has 0 bridgehead atoms. The second-order valence-electron chi connectivity index (χ2n) is 8.22. The lowest BCUT2D eigenvalue weighted by Crippen LogP contribution is -2.28. The third-order valence-electron chi connectivity index (χ3n) is 6.14. The van der Waals surface area contributed by atoms with Crippen molar-refractivity contribution in [2.75, 3.05) is 12.4 Å². The van der Waals surface area contributed by atoms with Gasteiger partial charge in [-0.05, 0) is 54.5 Å². The third-order valence-corrected chi connectivity index (χ3v) is 6.86. The molecule has 2 atom stereocenters. The topological polar surface area (TPSA) is 38.3 Å². The van der Waals surface area contributed by atoms with Crippen molar-refractivity contribution in [2.24, 2.45) is 5.92 Å². The van der Waals surface area contributed by atoms with Gasteiger partial charge in [-0.3, -0.25) is 4.79 Å². The van der Waals surface area contributed by atoms with Crippen LogP contribution in [0.15, 0.2) is 53.2 Å². The fourth-order valence-corrected chi connectivity index (χ4v) is 5.15. The Kier molecular flexibility index (Phi) is 6.74. The number of rotatable bonds is 5. The van der Waals surface area contributed by atoms with Crippen LogP contribution in [0.2, 0.25) is 0 Å². The maximum absolute atomic E-state index is 14.1. The first-order valence-corrected chi connectivity index (χ1v) is 11.6. The number of carbonyl (C=O) groups is 1. The maximum atomic E-state index is 14.1. The number of thiophene rings is 1. The molecule has 1 heterocycles. The van der Waals surface area contributed by atoms with Crippen molar-refractivity contribution in [3.8, 4) is 16.9 Å². The number of nitrogens with one attached hydrogen (secondary N) is 1. The first-order chi connectivity index (χ1) is 15.8. The standard InChI is InChI=1S/C25H23F4NO2S/c1-32-23-14-33-13-20(23)16-7-5-15(6-8-16)17-3-2-4-18(11-17)24(31)30-22-10-9-19(12-21(22)26)25(27,28)29/h5-10,12-14,17-18H,2-4,11H2,1H3,(H,30,31). The van der Waals surface area contributed by atoms with Crippen molar-refractivity contribution in [2.45, 2.75) is 37.8 Å². The Morgan fingerprint density at radius 2 is 1.85 bits per heavy atom. The van der Waals surface area contributed by atoms with Crippen molar-refractivity contribution < 1.29 is 27.1 Å². The molecule has 1 aromatic heterocycles. The minimum Gasteiger partial charge on any atom is -0.495 e. The second kappa shape index (κ2) is 9.55. The van der Waals surface area contributed by atoms with Crippen molar-refractivity contribution in [1.29, 1.82) is 0 Å². The van der Waals surface area contributed by atoms with Gasteiger partial charge < -0.3 is 10.1 Å². The van der Waals surface area contributed by atoms with Crippen LogP contribution in [0.5, 0.6) is 5.75 Å². The van der Waals surface area contributed by atoms with Gasteiger partial charge in [-0.1, -0.05) is 30.7 Å².